The maximum absolute atomic E-state index is 6.28. The Balaban J connectivity index is 1.26. The highest BCUT2D eigenvalue weighted by atomic mass is 16.5. The van der Waals surface area contributed by atoms with Crippen molar-refractivity contribution in [2.24, 2.45) is 0 Å². The van der Waals surface area contributed by atoms with E-state index in [-0.39, 0.29) is 0 Å². The molecule has 4 heterocycles. The van der Waals surface area contributed by atoms with Gasteiger partial charge >= 0.3 is 0 Å². The van der Waals surface area contributed by atoms with Crippen molar-refractivity contribution >= 4 is 33.3 Å². The van der Waals surface area contributed by atoms with Crippen LogP contribution in [0.2, 0.25) is 0 Å². The number of pyridine rings is 1. The Morgan fingerprint density at radius 3 is 2.89 bits per heavy atom. The normalized spacial score (nSPS) is 15.9. The van der Waals surface area contributed by atoms with Crippen molar-refractivity contribution in [2.75, 3.05) is 18.5 Å². The molecule has 1 atom stereocenters. The first-order chi connectivity index (χ1) is 17.3. The van der Waals surface area contributed by atoms with Crippen LogP contribution in [0.4, 0.5) is 11.5 Å². The molecule has 7 heteroatoms. The summed E-state index contributed by atoms with van der Waals surface area (Å²) in [5.41, 5.74) is 4.03. The Morgan fingerprint density at radius 1 is 1.00 bits per heavy atom. The van der Waals surface area contributed by atoms with Crippen LogP contribution < -0.4 is 15.4 Å². The van der Waals surface area contributed by atoms with E-state index < -0.39 is 0 Å². The van der Waals surface area contributed by atoms with Crippen LogP contribution in [0.15, 0.2) is 79.4 Å². The topological polar surface area (TPSA) is 76.9 Å². The molecule has 0 aliphatic carbocycles. The number of hydrogen-bond acceptors (Lipinski definition) is 6. The van der Waals surface area contributed by atoms with Crippen LogP contribution in [0.1, 0.15) is 25.0 Å². The molecule has 7 nitrogen and oxygen atoms in total. The third-order valence-electron chi connectivity index (χ3n) is 6.57. The number of rotatable bonds is 7. The monoisotopic (exact) mass is 464 g/mol. The molecule has 0 bridgehead atoms. The summed E-state index contributed by atoms with van der Waals surface area (Å²) in [6.07, 6.45) is 9.17. The molecule has 1 aliphatic heterocycles. The van der Waals surface area contributed by atoms with Crippen LogP contribution in [0.3, 0.4) is 0 Å². The maximum atomic E-state index is 6.28. The van der Waals surface area contributed by atoms with E-state index in [0.29, 0.717) is 12.6 Å². The van der Waals surface area contributed by atoms with Crippen molar-refractivity contribution in [1.29, 1.82) is 0 Å². The molecule has 1 saturated heterocycles. The molecule has 2 aromatic carbocycles. The van der Waals surface area contributed by atoms with Crippen molar-refractivity contribution < 1.29 is 4.74 Å². The van der Waals surface area contributed by atoms with Crippen LogP contribution in [-0.2, 0) is 6.54 Å². The van der Waals surface area contributed by atoms with E-state index in [0.717, 1.165) is 64.3 Å². The molecule has 0 unspecified atom stereocenters. The van der Waals surface area contributed by atoms with Gasteiger partial charge in [0.15, 0.2) is 0 Å². The third kappa shape index (κ3) is 4.68. The van der Waals surface area contributed by atoms with Crippen molar-refractivity contribution in [1.82, 2.24) is 24.8 Å². The highest BCUT2D eigenvalue weighted by Gasteiger charge is 2.16. The van der Waals surface area contributed by atoms with Gasteiger partial charge in [0.25, 0.3) is 0 Å². The minimum absolute atomic E-state index is 0.387. The Kier molecular flexibility index (Phi) is 5.99. The van der Waals surface area contributed by atoms with Gasteiger partial charge in [-0.15, -0.1) is 0 Å². The lowest BCUT2D eigenvalue weighted by atomic mass is 10.1. The minimum atomic E-state index is 0.387. The van der Waals surface area contributed by atoms with Gasteiger partial charge in [-0.3, -0.25) is 4.98 Å². The van der Waals surface area contributed by atoms with Crippen LogP contribution in [0, 0.1) is 0 Å². The number of piperidine rings is 1. The minimum Gasteiger partial charge on any atom is -0.491 e. The second-order valence-corrected chi connectivity index (χ2v) is 8.99. The molecule has 3 aromatic heterocycles. The summed E-state index contributed by atoms with van der Waals surface area (Å²) in [6.45, 7) is 2.44. The number of anilines is 2. The van der Waals surface area contributed by atoms with Crippen LogP contribution in [-0.4, -0.2) is 38.7 Å². The number of nitrogens with one attached hydrogen (secondary N) is 2. The maximum Gasteiger partial charge on any atom is 0.145 e. The van der Waals surface area contributed by atoms with E-state index in [4.69, 9.17) is 4.74 Å². The molecule has 0 radical (unpaired) electrons. The van der Waals surface area contributed by atoms with Gasteiger partial charge < -0.3 is 19.9 Å². The van der Waals surface area contributed by atoms with Crippen LogP contribution >= 0.6 is 0 Å². The van der Waals surface area contributed by atoms with Crippen molar-refractivity contribution in [3.05, 3.63) is 85.1 Å². The zero-order chi connectivity index (χ0) is 23.5. The van der Waals surface area contributed by atoms with Gasteiger partial charge in [-0.25, -0.2) is 9.97 Å². The van der Waals surface area contributed by atoms with E-state index in [1.807, 2.05) is 42.6 Å². The summed E-state index contributed by atoms with van der Waals surface area (Å²) >= 11 is 0. The molecular formula is C28H28N6O. The fourth-order valence-electron chi connectivity index (χ4n) is 4.77. The SMILES string of the molecule is c1ccc(Cn2ccc3cc(Nc4ncnc5cccc(OC[C@H]6CCCCN6)c45)ccc32)nc1. The highest BCUT2D eigenvalue weighted by Crippen LogP contribution is 2.32. The van der Waals surface area contributed by atoms with E-state index in [1.54, 1.807) is 6.33 Å². The summed E-state index contributed by atoms with van der Waals surface area (Å²) in [5.74, 6) is 1.55. The van der Waals surface area contributed by atoms with Crippen molar-refractivity contribution in [3.63, 3.8) is 0 Å². The Labute approximate surface area is 204 Å². The Bertz CT molecular complexity index is 1440. The molecule has 2 N–H and O–H groups in total. The predicted octanol–water partition coefficient (Wildman–Crippen LogP) is 5.29. The molecule has 0 amide bonds. The van der Waals surface area contributed by atoms with Gasteiger partial charge in [-0.1, -0.05) is 18.6 Å². The first-order valence-electron chi connectivity index (χ1n) is 12.2. The van der Waals surface area contributed by atoms with E-state index >= 15 is 0 Å². The van der Waals surface area contributed by atoms with Gasteiger partial charge in [0.2, 0.25) is 0 Å². The van der Waals surface area contributed by atoms with E-state index in [1.165, 1.54) is 12.8 Å². The summed E-state index contributed by atoms with van der Waals surface area (Å²) < 4.78 is 8.49. The Hall–Kier alpha value is -3.97. The molecule has 176 valence electrons. The smallest absolute Gasteiger partial charge is 0.145 e. The highest BCUT2D eigenvalue weighted by molar-refractivity contribution is 5.96. The second kappa shape index (κ2) is 9.72. The molecule has 35 heavy (non-hydrogen) atoms. The third-order valence-corrected chi connectivity index (χ3v) is 6.57. The second-order valence-electron chi connectivity index (χ2n) is 8.99. The standard InChI is InChI=1S/C28H28N6O/c1-3-13-29-22(6-1)17-34-15-12-20-16-21(10-11-25(20)34)33-28-27-24(31-19-32-28)8-5-9-26(27)35-18-23-7-2-4-14-30-23/h1,3,5-6,8-13,15-16,19,23,30H,2,4,7,14,17-18H2,(H,31,32,33)/t23-/m1/s1. The van der Waals surface area contributed by atoms with E-state index in [2.05, 4.69) is 60.6 Å². The largest absolute Gasteiger partial charge is 0.491 e. The zero-order valence-electron chi connectivity index (χ0n) is 19.5. The number of nitrogens with zero attached hydrogens (tertiary/aromatic N) is 4. The fraction of sp³-hybridized carbons (Fsp3) is 0.250. The van der Waals surface area contributed by atoms with Gasteiger partial charge in [0, 0.05) is 35.0 Å². The lowest BCUT2D eigenvalue weighted by Gasteiger charge is -2.24. The lowest BCUT2D eigenvalue weighted by molar-refractivity contribution is 0.241. The Morgan fingerprint density at radius 2 is 2.00 bits per heavy atom. The average molecular weight is 465 g/mol. The number of fused-ring (bicyclic) bond motifs is 2. The molecule has 0 saturated carbocycles. The first-order valence-corrected chi connectivity index (χ1v) is 12.2. The summed E-state index contributed by atoms with van der Waals surface area (Å²) in [6, 6.07) is 20.9. The summed E-state index contributed by atoms with van der Waals surface area (Å²) in [5, 5.41) is 9.11. The van der Waals surface area contributed by atoms with Gasteiger partial charge in [-0.2, -0.15) is 0 Å². The van der Waals surface area contributed by atoms with Crippen LogP contribution in [0.25, 0.3) is 21.8 Å². The molecule has 6 rings (SSSR count). The lowest BCUT2D eigenvalue weighted by Crippen LogP contribution is -2.38. The predicted molar refractivity (Wildman–Crippen MR) is 139 cm³/mol. The molecule has 1 aliphatic rings. The van der Waals surface area contributed by atoms with Crippen molar-refractivity contribution in [2.45, 2.75) is 31.8 Å². The van der Waals surface area contributed by atoms with E-state index in [9.17, 15) is 0 Å². The number of hydrogen-bond donors (Lipinski definition) is 2. The van der Waals surface area contributed by atoms with Crippen molar-refractivity contribution in [3.8, 4) is 5.75 Å². The molecule has 0 spiro atoms. The quantitative estimate of drug-likeness (QED) is 0.341. The van der Waals surface area contributed by atoms with Gasteiger partial charge in [-0.05, 0) is 67.9 Å². The number of ether oxygens (including phenoxy) is 1. The van der Waals surface area contributed by atoms with Crippen LogP contribution in [0.5, 0.6) is 5.75 Å². The fourth-order valence-corrected chi connectivity index (χ4v) is 4.77. The molecule has 5 aromatic rings. The molecular weight excluding hydrogens is 436 g/mol. The number of benzene rings is 2. The average Bonchev–Trinajstić information content (AvgIpc) is 3.30. The molecule has 1 fully saturated rings. The zero-order valence-corrected chi connectivity index (χ0v) is 19.5. The first kappa shape index (κ1) is 21.6. The summed E-state index contributed by atoms with van der Waals surface area (Å²) in [4.78, 5) is 13.5. The van der Waals surface area contributed by atoms with Gasteiger partial charge in [0.05, 0.1) is 23.1 Å². The number of aromatic nitrogens is 4. The summed E-state index contributed by atoms with van der Waals surface area (Å²) in [7, 11) is 0. The van der Waals surface area contributed by atoms with Gasteiger partial charge in [0.1, 0.15) is 24.5 Å².